The van der Waals surface area contributed by atoms with Gasteiger partial charge in [0.15, 0.2) is 31.1 Å². The number of hydrogen-bond donors (Lipinski definition) is 12. The van der Waals surface area contributed by atoms with Crippen molar-refractivity contribution in [1.29, 1.82) is 0 Å². The fraction of sp³-hybridized carbons (Fsp3) is 0.0870. The first-order valence-corrected chi connectivity index (χ1v) is 39.9. The van der Waals surface area contributed by atoms with Crippen molar-refractivity contribution in [3.63, 3.8) is 0 Å². The highest BCUT2D eigenvalue weighted by Crippen LogP contribution is 2.44. The van der Waals surface area contributed by atoms with E-state index in [1.54, 1.807) is 0 Å². The molecule has 14 N–H and O–H groups in total. The zero-order valence-electron chi connectivity index (χ0n) is 46.5. The third-order valence-electron chi connectivity index (χ3n) is 13.0. The summed E-state index contributed by atoms with van der Waals surface area (Å²) < 4.78 is 329. The Balaban J connectivity index is 1.18. The van der Waals surface area contributed by atoms with Gasteiger partial charge in [0, 0.05) is 10.8 Å². The number of carbonyl (C=O) groups is 2. The summed E-state index contributed by atoms with van der Waals surface area (Å²) in [6.45, 7) is 0. The molecule has 40 nitrogen and oxygen atoms in total. The number of anilines is 4. The van der Waals surface area contributed by atoms with Gasteiger partial charge in [-0.2, -0.15) is 87.8 Å². The molecule has 0 aliphatic heterocycles. The van der Waals surface area contributed by atoms with Gasteiger partial charge in [-0.1, -0.05) is 0 Å². The number of allylic oxidation sites excluding steroid dienone is 2. The lowest BCUT2D eigenvalue weighted by atomic mass is 9.92. The van der Waals surface area contributed by atoms with E-state index < -0.39 is 253 Å². The lowest BCUT2D eigenvalue weighted by Gasteiger charge is -2.20. The van der Waals surface area contributed by atoms with E-state index in [1.807, 2.05) is 10.9 Å². The van der Waals surface area contributed by atoms with Crippen LogP contribution in [0.5, 0.6) is 0 Å². The predicted molar refractivity (Wildman–Crippen MR) is 333 cm³/mol. The molecule has 0 atom stereocenters. The maximum atomic E-state index is 14.3. The summed E-state index contributed by atoms with van der Waals surface area (Å²) in [6.07, 6.45) is 0.776. The van der Waals surface area contributed by atoms with Crippen LogP contribution in [0.1, 0.15) is 31.8 Å². The average molecular weight is 1530 g/mol. The zero-order chi connectivity index (χ0) is 71.8. The van der Waals surface area contributed by atoms with E-state index in [0.717, 1.165) is 48.5 Å². The Morgan fingerprint density at radius 3 is 0.938 bits per heavy atom. The Hall–Kier alpha value is -8.68. The summed E-state index contributed by atoms with van der Waals surface area (Å²) in [5.41, 5.74) is 3.74. The van der Waals surface area contributed by atoms with E-state index in [4.69, 9.17) is 20.6 Å². The summed E-state index contributed by atoms with van der Waals surface area (Å²) in [7, 11) is -51.9. The molecule has 0 radical (unpaired) electrons. The monoisotopic (exact) mass is 1530 g/mol. The fourth-order valence-corrected chi connectivity index (χ4v) is 17.8. The quantitative estimate of drug-likeness (QED) is 0.0201. The van der Waals surface area contributed by atoms with Crippen LogP contribution in [0.2, 0.25) is 0 Å². The molecule has 2 aliphatic rings. The average Bonchev–Trinajstić information content (AvgIpc) is 0.750. The number of ketones is 2. The Labute approximate surface area is 540 Å². The highest BCUT2D eigenvalue weighted by molar-refractivity contribution is 7.94. The molecule has 6 aromatic carbocycles. The smallest absolute Gasteiger partial charge is 0.296 e. The molecular formula is C46H38N10O30S10. The van der Waals surface area contributed by atoms with Gasteiger partial charge in [-0.25, -0.2) is 16.8 Å². The van der Waals surface area contributed by atoms with Crippen molar-refractivity contribution in [3.8, 4) is 0 Å². The molecule has 0 spiro atoms. The molecule has 0 saturated heterocycles. The molecular weight excluding hydrogens is 1490 g/mol. The van der Waals surface area contributed by atoms with Crippen LogP contribution in [-0.4, -0.2) is 167 Å². The van der Waals surface area contributed by atoms with E-state index in [9.17, 15) is 121 Å². The number of benzene rings is 6. The van der Waals surface area contributed by atoms with Crippen molar-refractivity contribution in [2.45, 2.75) is 29.4 Å². The zero-order valence-corrected chi connectivity index (χ0v) is 54.7. The van der Waals surface area contributed by atoms with Gasteiger partial charge in [0.1, 0.15) is 40.8 Å². The van der Waals surface area contributed by atoms with Crippen molar-refractivity contribution in [1.82, 2.24) is 0 Å². The molecule has 0 unspecified atom stereocenters. The first kappa shape index (κ1) is 73.1. The number of carbonyl (C=O) groups excluding carboxylic acids is 2. The van der Waals surface area contributed by atoms with Gasteiger partial charge in [0.05, 0.1) is 78.1 Å². The molecule has 2 aliphatic carbocycles. The van der Waals surface area contributed by atoms with Gasteiger partial charge in [-0.3, -0.25) is 56.9 Å². The van der Waals surface area contributed by atoms with E-state index in [2.05, 4.69) is 30.7 Å². The van der Waals surface area contributed by atoms with Gasteiger partial charge < -0.3 is 11.5 Å². The highest BCUT2D eigenvalue weighted by Gasteiger charge is 2.40. The first-order chi connectivity index (χ1) is 43.8. The van der Waals surface area contributed by atoms with E-state index >= 15 is 0 Å². The Morgan fingerprint density at radius 2 is 0.667 bits per heavy atom. The number of sulfone groups is 2. The van der Waals surface area contributed by atoms with Crippen LogP contribution in [0.3, 0.4) is 0 Å². The minimum absolute atomic E-state index is 0.306. The van der Waals surface area contributed by atoms with E-state index in [-0.39, 0.29) is 11.4 Å². The molecule has 0 bridgehead atoms. The molecule has 0 saturated carbocycles. The Morgan fingerprint density at radius 1 is 0.365 bits per heavy atom. The summed E-state index contributed by atoms with van der Waals surface area (Å²) in [6, 6.07) is 10.2. The van der Waals surface area contributed by atoms with Crippen LogP contribution in [0, 0.1) is 0 Å². The molecule has 0 fully saturated rings. The summed E-state index contributed by atoms with van der Waals surface area (Å²) in [4.78, 5) is 19.3. The van der Waals surface area contributed by atoms with Gasteiger partial charge >= 0.3 is 0 Å². The largest absolute Gasteiger partial charge is 0.396 e. The van der Waals surface area contributed by atoms with Crippen molar-refractivity contribution >= 4 is 192 Å². The summed E-state index contributed by atoms with van der Waals surface area (Å²) >= 11 is 0. The molecule has 0 aromatic heterocycles. The number of fused-ring (bicyclic) bond motifs is 3. The molecule has 512 valence electrons. The minimum atomic E-state index is -5.71. The van der Waals surface area contributed by atoms with Gasteiger partial charge in [0.2, 0.25) is 11.6 Å². The number of hydrogen-bond acceptors (Lipinski definition) is 32. The van der Waals surface area contributed by atoms with Crippen molar-refractivity contribution in [2.24, 2.45) is 30.7 Å². The number of hydrazone groups is 2. The SMILES string of the molecule is Nc1c(N=Nc2ccc(S(=O)(=O)CCS(=O)(=O)O)cc2)c(S(=O)(=O)O)cc2c1C(=O)/C(=N/Nc1cc(S(=O)(=O)O)c3cc(N/N=C4\C(=O)c5c(cc(S(=O)(=O)O)c(N=Nc6ccc(S(=O)(=O)CCS(=O)(=O)O)cc6)c5N)C=C4S(=O)(=O)O)cc(S(=O)(=O)O)c3c1)C(S(=O)(=O)O)=C2. The number of rotatable bonds is 22. The normalized spacial score (nSPS) is 15.7. The van der Waals surface area contributed by atoms with Crippen molar-refractivity contribution < 1.29 is 130 Å². The first-order valence-electron chi connectivity index (χ1n) is 24.8. The molecule has 8 rings (SSSR count). The molecule has 96 heavy (non-hydrogen) atoms. The minimum Gasteiger partial charge on any atom is -0.396 e. The van der Waals surface area contributed by atoms with Crippen molar-refractivity contribution in [3.05, 3.63) is 117 Å². The van der Waals surface area contributed by atoms with Crippen LogP contribution >= 0.6 is 0 Å². The highest BCUT2D eigenvalue weighted by atomic mass is 32.3. The fourth-order valence-electron chi connectivity index (χ4n) is 8.71. The van der Waals surface area contributed by atoms with E-state index in [0.29, 0.717) is 48.6 Å². The van der Waals surface area contributed by atoms with Crippen LogP contribution in [0.15, 0.2) is 155 Å². The summed E-state index contributed by atoms with van der Waals surface area (Å²) in [5, 5.41) is 20.1. The number of azo groups is 2. The third-order valence-corrected chi connectivity index (χ3v) is 23.7. The van der Waals surface area contributed by atoms with Crippen LogP contribution < -0.4 is 22.3 Å². The van der Waals surface area contributed by atoms with Crippen LogP contribution in [-0.2, 0) is 101 Å². The molecule has 0 heterocycles. The number of nitrogens with one attached hydrogen (secondary N) is 2. The van der Waals surface area contributed by atoms with Crippen LogP contribution in [0.4, 0.5) is 45.5 Å². The number of nitrogens with zero attached hydrogens (tertiary/aromatic N) is 6. The maximum absolute atomic E-state index is 14.3. The summed E-state index contributed by atoms with van der Waals surface area (Å²) in [5.74, 6) is -7.80. The van der Waals surface area contributed by atoms with Gasteiger partial charge in [-0.15, -0.1) is 10.2 Å². The standard InChI is InChI=1S/C46H38N10O30S10/c47-39-37-21(13-33(93(75,76)77)41(39)53-49-23-1-5-27(6-2-23)87(59,60)9-11-89(63,64)65)15-35(95(81,82)83)43(45(37)57)55-51-25-17-29-30(31(19-25)91(69,70)71)18-26(20-32(29)92(72,73)74)52-56-44-36(96(84,85)86)16-22-14-34(94(78,79)80)42(40(48)38(22)46(44)58)54-50-24-3-7-28(8-4-24)88(61,62)10-12-90(66,67)68/h1-8,13-20,51-52H,9-12,47-48H2,(H,63,64,65)(H,66,67,68)(H,69,70,71)(H,72,73,74)(H,75,76,77)(H,78,79,80)(H,81,82,83)(H,84,85,86)/b53-49?,54-50?,55-43-,56-44+. The van der Waals surface area contributed by atoms with E-state index in [1.165, 1.54) is 0 Å². The number of nitrogens with two attached hydrogens (primary N) is 2. The lowest BCUT2D eigenvalue weighted by Crippen LogP contribution is -2.28. The second kappa shape index (κ2) is 25.4. The Kier molecular flexibility index (Phi) is 19.3. The number of Topliss-reactive ketones (excluding diaryl/α,β-unsaturated/α-hetero) is 2. The van der Waals surface area contributed by atoms with Crippen molar-refractivity contribution in [2.75, 3.05) is 45.3 Å². The maximum Gasteiger partial charge on any atom is 0.296 e. The number of nitrogen functional groups attached to an aromatic ring is 2. The second-order valence-electron chi connectivity index (χ2n) is 19.5. The molecule has 0 amide bonds. The topological polar surface area (TPSA) is 688 Å². The molecule has 50 heteroatoms. The van der Waals surface area contributed by atoms with Gasteiger partial charge in [-0.05, 0) is 108 Å². The van der Waals surface area contributed by atoms with Gasteiger partial charge in [0.25, 0.3) is 80.9 Å². The van der Waals surface area contributed by atoms with Crippen LogP contribution in [0.25, 0.3) is 22.9 Å². The third kappa shape index (κ3) is 16.2. The second-order valence-corrected chi connectivity index (χ2v) is 35.2. The lowest BCUT2D eigenvalue weighted by molar-refractivity contribution is 0.105. The Bertz CT molecular complexity index is 5520. The predicted octanol–water partition coefficient (Wildman–Crippen LogP) is 2.93. The molecule has 6 aromatic rings.